The number of carbonyl (C=O) groups is 1. The van der Waals surface area contributed by atoms with Crippen molar-refractivity contribution in [3.8, 4) is 0 Å². The molecule has 0 bridgehead atoms. The van der Waals surface area contributed by atoms with Crippen LogP contribution in [0.15, 0.2) is 0 Å². The van der Waals surface area contributed by atoms with Crippen LogP contribution in [0.5, 0.6) is 0 Å². The smallest absolute Gasteiger partial charge is 0.310 e. The second-order valence-electron chi connectivity index (χ2n) is 5.17. The Bertz CT molecular complexity index is 254. The fourth-order valence-electron chi connectivity index (χ4n) is 3.44. The van der Waals surface area contributed by atoms with Crippen molar-refractivity contribution in [2.75, 3.05) is 6.61 Å². The second-order valence-corrected chi connectivity index (χ2v) is 5.17. The van der Waals surface area contributed by atoms with Gasteiger partial charge in [-0.1, -0.05) is 25.7 Å². The molecule has 0 unspecified atom stereocenters. The lowest BCUT2D eigenvalue weighted by molar-refractivity contribution is -0.160. The summed E-state index contributed by atoms with van der Waals surface area (Å²) < 4.78 is 5.12. The van der Waals surface area contributed by atoms with Gasteiger partial charge >= 0.3 is 5.97 Å². The zero-order valence-electron chi connectivity index (χ0n) is 10.2. The molecule has 2 aliphatic rings. The molecule has 0 aliphatic heterocycles. The van der Waals surface area contributed by atoms with Gasteiger partial charge in [0.1, 0.15) is 0 Å². The highest BCUT2D eigenvalue weighted by Crippen LogP contribution is 2.47. The van der Waals surface area contributed by atoms with Gasteiger partial charge < -0.3 is 10.5 Å². The van der Waals surface area contributed by atoms with Crippen LogP contribution in [-0.2, 0) is 9.53 Å². The third kappa shape index (κ3) is 2.10. The molecule has 0 radical (unpaired) electrons. The van der Waals surface area contributed by atoms with E-state index >= 15 is 0 Å². The number of esters is 1. The van der Waals surface area contributed by atoms with Gasteiger partial charge in [-0.3, -0.25) is 4.79 Å². The molecule has 2 rings (SSSR count). The van der Waals surface area contributed by atoms with Crippen LogP contribution < -0.4 is 5.73 Å². The first-order valence-electron chi connectivity index (χ1n) is 6.68. The third-order valence-electron chi connectivity index (χ3n) is 4.30. The largest absolute Gasteiger partial charge is 0.466 e. The van der Waals surface area contributed by atoms with Gasteiger partial charge in [0.05, 0.1) is 12.5 Å². The standard InChI is InChI=1S/C13H23NO2/c1-2-16-13(15)11-9-7-5-3-4-6-8-10(9)12(11)14/h9-12H,2-8,14H2,1H3/t9-,10+,11-,12-/m0/s1. The van der Waals surface area contributed by atoms with E-state index in [4.69, 9.17) is 10.5 Å². The molecule has 0 saturated heterocycles. The Labute approximate surface area is 97.7 Å². The van der Waals surface area contributed by atoms with E-state index in [-0.39, 0.29) is 17.9 Å². The Kier molecular flexibility index (Phi) is 3.85. The summed E-state index contributed by atoms with van der Waals surface area (Å²) >= 11 is 0. The van der Waals surface area contributed by atoms with Gasteiger partial charge in [0, 0.05) is 6.04 Å². The normalized spacial score (nSPS) is 38.9. The van der Waals surface area contributed by atoms with Gasteiger partial charge in [-0.2, -0.15) is 0 Å². The molecule has 0 aromatic heterocycles. The molecule has 2 aliphatic carbocycles. The van der Waals surface area contributed by atoms with Gasteiger partial charge in [-0.25, -0.2) is 0 Å². The Morgan fingerprint density at radius 1 is 1.19 bits per heavy atom. The van der Waals surface area contributed by atoms with Gasteiger partial charge in [0.25, 0.3) is 0 Å². The highest BCUT2D eigenvalue weighted by molar-refractivity contribution is 5.75. The Balaban J connectivity index is 1.97. The number of ether oxygens (including phenoxy) is 1. The van der Waals surface area contributed by atoms with Crippen LogP contribution in [0, 0.1) is 17.8 Å². The van der Waals surface area contributed by atoms with Crippen molar-refractivity contribution in [2.45, 2.75) is 51.5 Å². The molecule has 2 fully saturated rings. The van der Waals surface area contributed by atoms with Crippen molar-refractivity contribution in [1.29, 1.82) is 0 Å². The Morgan fingerprint density at radius 3 is 2.44 bits per heavy atom. The van der Waals surface area contributed by atoms with Gasteiger partial charge in [0.15, 0.2) is 0 Å². The molecular weight excluding hydrogens is 202 g/mol. The minimum atomic E-state index is -0.0585. The summed E-state index contributed by atoms with van der Waals surface area (Å²) in [5, 5.41) is 0. The molecule has 0 spiro atoms. The second kappa shape index (κ2) is 5.17. The number of hydrogen-bond donors (Lipinski definition) is 1. The predicted molar refractivity (Wildman–Crippen MR) is 62.8 cm³/mol. The molecule has 0 aromatic rings. The Hall–Kier alpha value is -0.570. The first-order valence-corrected chi connectivity index (χ1v) is 6.68. The van der Waals surface area contributed by atoms with E-state index in [1.165, 1.54) is 38.5 Å². The molecule has 2 saturated carbocycles. The van der Waals surface area contributed by atoms with E-state index in [1.807, 2.05) is 6.92 Å². The van der Waals surface area contributed by atoms with Crippen LogP contribution in [0.4, 0.5) is 0 Å². The highest BCUT2D eigenvalue weighted by Gasteiger charge is 2.51. The molecule has 4 atom stereocenters. The maximum atomic E-state index is 11.8. The maximum Gasteiger partial charge on any atom is 0.310 e. The predicted octanol–water partition coefficient (Wildman–Crippen LogP) is 2.09. The fourth-order valence-corrected chi connectivity index (χ4v) is 3.44. The molecule has 3 nitrogen and oxygen atoms in total. The van der Waals surface area contributed by atoms with Crippen LogP contribution in [0.25, 0.3) is 0 Å². The van der Waals surface area contributed by atoms with E-state index in [9.17, 15) is 4.79 Å². The fraction of sp³-hybridized carbons (Fsp3) is 0.923. The molecule has 16 heavy (non-hydrogen) atoms. The zero-order valence-corrected chi connectivity index (χ0v) is 10.2. The number of nitrogens with two attached hydrogens (primary N) is 1. The van der Waals surface area contributed by atoms with E-state index in [1.54, 1.807) is 0 Å². The monoisotopic (exact) mass is 225 g/mol. The number of rotatable bonds is 2. The lowest BCUT2D eigenvalue weighted by Crippen LogP contribution is -2.59. The summed E-state index contributed by atoms with van der Waals surface area (Å²) in [7, 11) is 0. The van der Waals surface area contributed by atoms with Crippen LogP contribution in [0.3, 0.4) is 0 Å². The Morgan fingerprint density at radius 2 is 1.81 bits per heavy atom. The molecule has 0 aromatic carbocycles. The van der Waals surface area contributed by atoms with E-state index in [2.05, 4.69) is 0 Å². The SMILES string of the molecule is CCOC(=O)[C@@H]1[C@@H](N)[C@@H]2CCCCCC[C@@H]21. The van der Waals surface area contributed by atoms with Crippen LogP contribution in [-0.4, -0.2) is 18.6 Å². The van der Waals surface area contributed by atoms with Crippen LogP contribution in [0.1, 0.15) is 45.4 Å². The van der Waals surface area contributed by atoms with Crippen LogP contribution >= 0.6 is 0 Å². The summed E-state index contributed by atoms with van der Waals surface area (Å²) in [6, 6.07) is 0.0575. The molecule has 2 N–H and O–H groups in total. The van der Waals surface area contributed by atoms with Crippen molar-refractivity contribution >= 4 is 5.97 Å². The lowest BCUT2D eigenvalue weighted by atomic mass is 9.57. The number of carbonyl (C=O) groups excluding carboxylic acids is 1. The molecule has 0 amide bonds. The number of fused-ring (bicyclic) bond motifs is 1. The number of hydrogen-bond acceptors (Lipinski definition) is 3. The van der Waals surface area contributed by atoms with E-state index < -0.39 is 0 Å². The van der Waals surface area contributed by atoms with E-state index in [0.29, 0.717) is 18.4 Å². The topological polar surface area (TPSA) is 52.3 Å². The highest BCUT2D eigenvalue weighted by atomic mass is 16.5. The molecule has 3 heteroatoms. The van der Waals surface area contributed by atoms with E-state index in [0.717, 1.165) is 0 Å². The van der Waals surface area contributed by atoms with Crippen LogP contribution in [0.2, 0.25) is 0 Å². The van der Waals surface area contributed by atoms with Crippen molar-refractivity contribution in [1.82, 2.24) is 0 Å². The lowest BCUT2D eigenvalue weighted by Gasteiger charge is -2.50. The van der Waals surface area contributed by atoms with Gasteiger partial charge in [0.2, 0.25) is 0 Å². The minimum Gasteiger partial charge on any atom is -0.466 e. The third-order valence-corrected chi connectivity index (χ3v) is 4.30. The van der Waals surface area contributed by atoms with Crippen molar-refractivity contribution in [2.24, 2.45) is 23.5 Å². The summed E-state index contributed by atoms with van der Waals surface area (Å²) in [4.78, 5) is 11.8. The zero-order chi connectivity index (χ0) is 11.5. The first kappa shape index (κ1) is 11.9. The average molecular weight is 225 g/mol. The quantitative estimate of drug-likeness (QED) is 0.732. The summed E-state index contributed by atoms with van der Waals surface area (Å²) in [6.07, 6.45) is 7.56. The van der Waals surface area contributed by atoms with Crippen molar-refractivity contribution in [3.63, 3.8) is 0 Å². The summed E-state index contributed by atoms with van der Waals surface area (Å²) in [5.41, 5.74) is 6.13. The van der Waals surface area contributed by atoms with Gasteiger partial charge in [-0.05, 0) is 31.6 Å². The maximum absolute atomic E-state index is 11.8. The van der Waals surface area contributed by atoms with Crippen molar-refractivity contribution < 1.29 is 9.53 Å². The molecule has 0 heterocycles. The summed E-state index contributed by atoms with van der Waals surface area (Å²) in [5.74, 6) is 1.02. The summed E-state index contributed by atoms with van der Waals surface area (Å²) in [6.45, 7) is 2.33. The van der Waals surface area contributed by atoms with Crippen molar-refractivity contribution in [3.05, 3.63) is 0 Å². The average Bonchev–Trinajstić information content (AvgIpc) is 2.22. The van der Waals surface area contributed by atoms with Gasteiger partial charge in [-0.15, -0.1) is 0 Å². The molecule has 92 valence electrons. The molecular formula is C13H23NO2. The first-order chi connectivity index (χ1) is 7.75. The minimum absolute atomic E-state index is 0.0111.